The number of amides is 1. The van der Waals surface area contributed by atoms with Crippen LogP contribution >= 0.6 is 0 Å². The van der Waals surface area contributed by atoms with Gasteiger partial charge in [0.25, 0.3) is 5.91 Å². The summed E-state index contributed by atoms with van der Waals surface area (Å²) in [4.78, 5) is 12.3. The second-order valence-corrected chi connectivity index (χ2v) is 5.57. The van der Waals surface area contributed by atoms with Crippen molar-refractivity contribution in [2.45, 2.75) is 6.10 Å². The van der Waals surface area contributed by atoms with Gasteiger partial charge in [-0.05, 0) is 30.3 Å². The molecule has 2 aromatic carbocycles. The van der Waals surface area contributed by atoms with E-state index in [4.69, 9.17) is 18.9 Å². The summed E-state index contributed by atoms with van der Waals surface area (Å²) < 4.78 is 22.4. The molecule has 0 saturated carbocycles. The van der Waals surface area contributed by atoms with Gasteiger partial charge in [0.1, 0.15) is 25.9 Å². The fourth-order valence-electron chi connectivity index (χ4n) is 2.66. The topological polar surface area (TPSA) is 66.0 Å². The Labute approximate surface area is 139 Å². The molecule has 0 spiro atoms. The van der Waals surface area contributed by atoms with Gasteiger partial charge < -0.3 is 24.3 Å². The maximum Gasteiger partial charge on any atom is 0.251 e. The molecule has 0 bridgehead atoms. The smallest absolute Gasteiger partial charge is 0.251 e. The summed E-state index contributed by atoms with van der Waals surface area (Å²) in [5, 5.41) is 2.87. The van der Waals surface area contributed by atoms with Crippen LogP contribution in [0.15, 0.2) is 42.5 Å². The summed E-state index contributed by atoms with van der Waals surface area (Å²) in [6.07, 6.45) is -0.221. The molecule has 0 saturated heterocycles. The number of para-hydroxylation sites is 2. The summed E-state index contributed by atoms with van der Waals surface area (Å²) in [5.41, 5.74) is 0.524. The Hall–Kier alpha value is -2.89. The molecule has 124 valence electrons. The molecule has 2 aromatic rings. The maximum absolute atomic E-state index is 12.3. The molecule has 1 amide bonds. The Kier molecular flexibility index (Phi) is 3.86. The van der Waals surface area contributed by atoms with Gasteiger partial charge in [-0.3, -0.25) is 4.79 Å². The largest absolute Gasteiger partial charge is 0.486 e. The van der Waals surface area contributed by atoms with Crippen LogP contribution < -0.4 is 24.3 Å². The highest BCUT2D eigenvalue weighted by molar-refractivity contribution is 5.94. The average Bonchev–Trinajstić information content (AvgIpc) is 2.65. The van der Waals surface area contributed by atoms with E-state index in [9.17, 15) is 4.79 Å². The van der Waals surface area contributed by atoms with Crippen LogP contribution in [0.25, 0.3) is 0 Å². The van der Waals surface area contributed by atoms with E-state index >= 15 is 0 Å². The predicted octanol–water partition coefficient (Wildman–Crippen LogP) is 2.03. The predicted molar refractivity (Wildman–Crippen MR) is 86.1 cm³/mol. The molecule has 2 aliphatic rings. The summed E-state index contributed by atoms with van der Waals surface area (Å²) in [6.45, 7) is 1.78. The minimum absolute atomic E-state index is 0.186. The quantitative estimate of drug-likeness (QED) is 0.934. The van der Waals surface area contributed by atoms with Crippen molar-refractivity contribution < 1.29 is 23.7 Å². The van der Waals surface area contributed by atoms with E-state index in [0.717, 1.165) is 5.75 Å². The van der Waals surface area contributed by atoms with Crippen molar-refractivity contribution in [3.63, 3.8) is 0 Å². The van der Waals surface area contributed by atoms with Crippen LogP contribution in [-0.2, 0) is 0 Å². The second-order valence-electron chi connectivity index (χ2n) is 5.57. The highest BCUT2D eigenvalue weighted by Crippen LogP contribution is 2.31. The van der Waals surface area contributed by atoms with Gasteiger partial charge in [-0.15, -0.1) is 0 Å². The van der Waals surface area contributed by atoms with Crippen LogP contribution in [0.5, 0.6) is 23.0 Å². The summed E-state index contributed by atoms with van der Waals surface area (Å²) in [6, 6.07) is 12.7. The SMILES string of the molecule is O=C(NC[C@@H]1COc2ccccc2O1)c1ccc2c(c1)OCCO2. The first kappa shape index (κ1) is 14.7. The van der Waals surface area contributed by atoms with Crippen LogP contribution in [0.2, 0.25) is 0 Å². The number of carbonyl (C=O) groups excluding carboxylic acids is 1. The van der Waals surface area contributed by atoms with Crippen LogP contribution in [0, 0.1) is 0 Å². The number of nitrogens with one attached hydrogen (secondary N) is 1. The number of hydrogen-bond donors (Lipinski definition) is 1. The van der Waals surface area contributed by atoms with E-state index in [1.807, 2.05) is 24.3 Å². The molecule has 2 aliphatic heterocycles. The molecular weight excluding hydrogens is 310 g/mol. The van der Waals surface area contributed by atoms with Gasteiger partial charge in [-0.25, -0.2) is 0 Å². The minimum Gasteiger partial charge on any atom is -0.486 e. The molecule has 0 aromatic heterocycles. The van der Waals surface area contributed by atoms with Gasteiger partial charge in [-0.1, -0.05) is 12.1 Å². The van der Waals surface area contributed by atoms with Gasteiger partial charge in [0, 0.05) is 5.56 Å². The highest BCUT2D eigenvalue weighted by atomic mass is 16.6. The monoisotopic (exact) mass is 327 g/mol. The molecule has 1 N–H and O–H groups in total. The molecule has 0 radical (unpaired) electrons. The Morgan fingerprint density at radius 3 is 2.58 bits per heavy atom. The second kappa shape index (κ2) is 6.31. The Morgan fingerprint density at radius 2 is 1.71 bits per heavy atom. The number of hydrogen-bond acceptors (Lipinski definition) is 5. The lowest BCUT2D eigenvalue weighted by Gasteiger charge is -2.26. The average molecular weight is 327 g/mol. The summed E-state index contributed by atoms with van der Waals surface area (Å²) >= 11 is 0. The molecule has 0 aliphatic carbocycles. The molecule has 0 unspecified atom stereocenters. The summed E-state index contributed by atoms with van der Waals surface area (Å²) in [5.74, 6) is 2.50. The van der Waals surface area contributed by atoms with Crippen molar-refractivity contribution >= 4 is 5.91 Å². The number of fused-ring (bicyclic) bond motifs is 2. The van der Waals surface area contributed by atoms with Crippen molar-refractivity contribution in [1.82, 2.24) is 5.32 Å². The summed E-state index contributed by atoms with van der Waals surface area (Å²) in [7, 11) is 0. The third-order valence-corrected chi connectivity index (χ3v) is 3.86. The van der Waals surface area contributed by atoms with Crippen molar-refractivity contribution in [3.8, 4) is 23.0 Å². The van der Waals surface area contributed by atoms with Crippen LogP contribution in [0.4, 0.5) is 0 Å². The van der Waals surface area contributed by atoms with Gasteiger partial charge in [0.15, 0.2) is 23.0 Å². The first-order valence-corrected chi connectivity index (χ1v) is 7.86. The zero-order valence-electron chi connectivity index (χ0n) is 13.0. The van der Waals surface area contributed by atoms with Crippen LogP contribution in [-0.4, -0.2) is 38.4 Å². The van der Waals surface area contributed by atoms with E-state index in [1.165, 1.54) is 0 Å². The molecule has 24 heavy (non-hydrogen) atoms. The lowest BCUT2D eigenvalue weighted by atomic mass is 10.1. The van der Waals surface area contributed by atoms with E-state index < -0.39 is 0 Å². The number of ether oxygens (including phenoxy) is 4. The zero-order chi connectivity index (χ0) is 16.4. The van der Waals surface area contributed by atoms with Gasteiger partial charge in [0.05, 0.1) is 6.54 Å². The first-order valence-electron chi connectivity index (χ1n) is 7.86. The van der Waals surface area contributed by atoms with E-state index in [-0.39, 0.29) is 12.0 Å². The van der Waals surface area contributed by atoms with Crippen molar-refractivity contribution in [1.29, 1.82) is 0 Å². The molecular formula is C18H17NO5. The van der Waals surface area contributed by atoms with Crippen LogP contribution in [0.1, 0.15) is 10.4 Å². The number of benzene rings is 2. The van der Waals surface area contributed by atoms with Crippen LogP contribution in [0.3, 0.4) is 0 Å². The molecule has 1 atom stereocenters. The van der Waals surface area contributed by atoms with Crippen molar-refractivity contribution in [3.05, 3.63) is 48.0 Å². The van der Waals surface area contributed by atoms with Gasteiger partial charge >= 0.3 is 0 Å². The fraction of sp³-hybridized carbons (Fsp3) is 0.278. The van der Waals surface area contributed by atoms with Crippen molar-refractivity contribution in [2.24, 2.45) is 0 Å². The maximum atomic E-state index is 12.3. The van der Waals surface area contributed by atoms with Crippen molar-refractivity contribution in [2.75, 3.05) is 26.4 Å². The normalized spacial score (nSPS) is 17.9. The van der Waals surface area contributed by atoms with Gasteiger partial charge in [0.2, 0.25) is 0 Å². The Bertz CT molecular complexity index is 761. The highest BCUT2D eigenvalue weighted by Gasteiger charge is 2.22. The van der Waals surface area contributed by atoms with E-state index in [0.29, 0.717) is 49.2 Å². The van der Waals surface area contributed by atoms with E-state index in [2.05, 4.69) is 5.32 Å². The first-order chi connectivity index (χ1) is 11.8. The van der Waals surface area contributed by atoms with Gasteiger partial charge in [-0.2, -0.15) is 0 Å². The third kappa shape index (κ3) is 2.95. The number of rotatable bonds is 3. The zero-order valence-corrected chi connectivity index (χ0v) is 13.0. The Balaban J connectivity index is 1.37. The molecule has 6 nitrogen and oxygen atoms in total. The standard InChI is InChI=1S/C18H17NO5/c20-18(12-5-6-15-17(9-12)22-8-7-21-15)19-10-13-11-23-14-3-1-2-4-16(14)24-13/h1-6,9,13H,7-8,10-11H2,(H,19,20)/t13-/m1/s1. The molecule has 4 rings (SSSR count). The minimum atomic E-state index is -0.221. The number of carbonyl (C=O) groups is 1. The fourth-order valence-corrected chi connectivity index (χ4v) is 2.66. The Morgan fingerprint density at radius 1 is 0.958 bits per heavy atom. The lowest BCUT2D eigenvalue weighted by Crippen LogP contribution is -2.40. The molecule has 0 fully saturated rings. The van der Waals surface area contributed by atoms with E-state index in [1.54, 1.807) is 18.2 Å². The third-order valence-electron chi connectivity index (χ3n) is 3.86. The molecule has 2 heterocycles. The lowest BCUT2D eigenvalue weighted by molar-refractivity contribution is 0.0788. The molecule has 6 heteroatoms.